The summed E-state index contributed by atoms with van der Waals surface area (Å²) in [5.74, 6) is -1.04. The average Bonchev–Trinajstić information content (AvgIpc) is 2.74. The maximum absolute atomic E-state index is 13.9. The van der Waals surface area contributed by atoms with E-state index in [1.54, 1.807) is 35.8 Å². The number of rotatable bonds is 4. The van der Waals surface area contributed by atoms with Gasteiger partial charge in [-0.25, -0.2) is 9.37 Å². The van der Waals surface area contributed by atoms with Gasteiger partial charge in [-0.05, 0) is 55.0 Å². The van der Waals surface area contributed by atoms with Crippen LogP contribution in [0.25, 0.3) is 11.0 Å². The van der Waals surface area contributed by atoms with Crippen molar-refractivity contribution in [2.75, 3.05) is 5.32 Å². The van der Waals surface area contributed by atoms with Crippen molar-refractivity contribution in [1.29, 1.82) is 0 Å². The van der Waals surface area contributed by atoms with Crippen LogP contribution in [0.1, 0.15) is 21.6 Å². The van der Waals surface area contributed by atoms with E-state index in [-0.39, 0.29) is 16.3 Å². The molecule has 0 atom stereocenters. The van der Waals surface area contributed by atoms with E-state index in [1.165, 1.54) is 12.1 Å². The van der Waals surface area contributed by atoms with Crippen LogP contribution in [0, 0.1) is 12.7 Å². The number of aromatic nitrogens is 2. The Morgan fingerprint density at radius 3 is 2.57 bits per heavy atom. The molecular weight excluding hydrogens is 405 g/mol. The van der Waals surface area contributed by atoms with E-state index < -0.39 is 11.7 Å². The zero-order valence-electron chi connectivity index (χ0n) is 16.0. The number of nitrogens with zero attached hydrogens (tertiary/aromatic N) is 2. The molecule has 0 aliphatic carbocycles. The van der Waals surface area contributed by atoms with Crippen LogP contribution in [0.5, 0.6) is 0 Å². The Bertz CT molecular complexity index is 1320. The van der Waals surface area contributed by atoms with Gasteiger partial charge >= 0.3 is 0 Å². The normalized spacial score (nSPS) is 10.9. The van der Waals surface area contributed by atoms with Gasteiger partial charge in [-0.15, -0.1) is 0 Å². The molecule has 30 heavy (non-hydrogen) atoms. The van der Waals surface area contributed by atoms with Gasteiger partial charge in [0.2, 0.25) is 0 Å². The number of amides is 1. The molecule has 1 N–H and O–H groups in total. The molecule has 0 fully saturated rings. The van der Waals surface area contributed by atoms with Gasteiger partial charge in [0.05, 0.1) is 23.3 Å². The highest BCUT2D eigenvalue weighted by molar-refractivity contribution is 6.30. The third-order valence-electron chi connectivity index (χ3n) is 4.75. The molecule has 0 bridgehead atoms. The highest BCUT2D eigenvalue weighted by atomic mass is 35.5. The molecular formula is C23H17ClFN3O2. The molecule has 0 radical (unpaired) electrons. The van der Waals surface area contributed by atoms with Gasteiger partial charge in [0, 0.05) is 10.6 Å². The highest BCUT2D eigenvalue weighted by Gasteiger charge is 2.11. The number of fused-ring (bicyclic) bond motifs is 1. The van der Waals surface area contributed by atoms with Crippen molar-refractivity contribution in [3.05, 3.63) is 105 Å². The summed E-state index contributed by atoms with van der Waals surface area (Å²) in [4.78, 5) is 29.4. The molecule has 150 valence electrons. The third-order valence-corrected chi connectivity index (χ3v) is 4.99. The lowest BCUT2D eigenvalue weighted by Gasteiger charge is -2.12. The lowest BCUT2D eigenvalue weighted by Crippen LogP contribution is -2.24. The number of anilines is 1. The molecule has 4 rings (SSSR count). The van der Waals surface area contributed by atoms with Crippen molar-refractivity contribution in [2.45, 2.75) is 13.5 Å². The quantitative estimate of drug-likeness (QED) is 0.515. The van der Waals surface area contributed by atoms with Gasteiger partial charge in [-0.1, -0.05) is 35.9 Å². The lowest BCUT2D eigenvalue weighted by atomic mass is 10.1. The largest absolute Gasteiger partial charge is 0.319 e. The predicted molar refractivity (Wildman–Crippen MR) is 116 cm³/mol. The highest BCUT2D eigenvalue weighted by Crippen LogP contribution is 2.20. The van der Waals surface area contributed by atoms with Crippen molar-refractivity contribution in [3.63, 3.8) is 0 Å². The summed E-state index contributed by atoms with van der Waals surface area (Å²) < 4.78 is 15.6. The van der Waals surface area contributed by atoms with Crippen LogP contribution in [-0.4, -0.2) is 15.5 Å². The fourth-order valence-electron chi connectivity index (χ4n) is 3.21. The second-order valence-electron chi connectivity index (χ2n) is 6.85. The van der Waals surface area contributed by atoms with Gasteiger partial charge < -0.3 is 9.88 Å². The summed E-state index contributed by atoms with van der Waals surface area (Å²) >= 11 is 5.73. The van der Waals surface area contributed by atoms with Crippen LogP contribution < -0.4 is 10.9 Å². The van der Waals surface area contributed by atoms with Crippen LogP contribution in [0.15, 0.2) is 71.5 Å². The molecule has 7 heteroatoms. The number of nitrogens with one attached hydrogen (secondary N) is 1. The molecule has 0 spiro atoms. The van der Waals surface area contributed by atoms with E-state index in [4.69, 9.17) is 11.6 Å². The maximum atomic E-state index is 13.9. The first-order valence-electron chi connectivity index (χ1n) is 9.24. The Morgan fingerprint density at radius 1 is 1.10 bits per heavy atom. The monoisotopic (exact) mass is 421 g/mol. The molecule has 0 aliphatic rings. The third kappa shape index (κ3) is 3.95. The first-order chi connectivity index (χ1) is 14.4. The number of carbonyl (C=O) groups is 1. The topological polar surface area (TPSA) is 64.0 Å². The van der Waals surface area contributed by atoms with Gasteiger partial charge in [-0.3, -0.25) is 9.59 Å². The fraction of sp³-hybridized carbons (Fsp3) is 0.0870. The summed E-state index contributed by atoms with van der Waals surface area (Å²) in [6.45, 7) is 2.03. The summed E-state index contributed by atoms with van der Waals surface area (Å²) in [6.07, 6.45) is 0. The molecule has 5 nitrogen and oxygen atoms in total. The second kappa shape index (κ2) is 8.08. The van der Waals surface area contributed by atoms with Crippen molar-refractivity contribution in [3.8, 4) is 0 Å². The lowest BCUT2D eigenvalue weighted by molar-refractivity contribution is 0.102. The SMILES string of the molecule is Cc1nc2ccccc2n(Cc2ccc(C(=O)Nc3ccc(Cl)cc3F)cc2)c1=O. The first-order valence-corrected chi connectivity index (χ1v) is 9.62. The number of halogens is 2. The molecule has 3 aromatic carbocycles. The van der Waals surface area contributed by atoms with E-state index in [0.29, 0.717) is 17.8 Å². The molecule has 0 saturated carbocycles. The zero-order chi connectivity index (χ0) is 21.3. The molecule has 1 amide bonds. The Balaban J connectivity index is 1.57. The maximum Gasteiger partial charge on any atom is 0.272 e. The van der Waals surface area contributed by atoms with Crippen LogP contribution >= 0.6 is 11.6 Å². The number of carbonyl (C=O) groups excluding carboxylic acids is 1. The van der Waals surface area contributed by atoms with Gasteiger partial charge in [0.15, 0.2) is 0 Å². The van der Waals surface area contributed by atoms with Crippen LogP contribution in [0.3, 0.4) is 0 Å². The number of hydrogen-bond acceptors (Lipinski definition) is 3. The number of aryl methyl sites for hydroxylation is 1. The summed E-state index contributed by atoms with van der Waals surface area (Å²) in [6, 6.07) is 18.3. The van der Waals surface area contributed by atoms with E-state index in [1.807, 2.05) is 24.3 Å². The number of para-hydroxylation sites is 2. The zero-order valence-corrected chi connectivity index (χ0v) is 16.8. The van der Waals surface area contributed by atoms with Crippen LogP contribution in [0.4, 0.5) is 10.1 Å². The van der Waals surface area contributed by atoms with Crippen LogP contribution in [0.2, 0.25) is 5.02 Å². The fourth-order valence-corrected chi connectivity index (χ4v) is 3.37. The minimum absolute atomic E-state index is 0.0544. The van der Waals surface area contributed by atoms with E-state index in [2.05, 4.69) is 10.3 Å². The minimum atomic E-state index is -0.605. The van der Waals surface area contributed by atoms with Crippen molar-refractivity contribution in [1.82, 2.24) is 9.55 Å². The number of hydrogen-bond donors (Lipinski definition) is 1. The standard InChI is InChI=1S/C23H17ClFN3O2/c1-14-23(30)28(21-5-3-2-4-20(21)26-14)13-15-6-8-16(9-7-15)22(29)27-19-11-10-17(24)12-18(19)25/h2-12H,13H2,1H3,(H,27,29). The molecule has 4 aromatic rings. The van der Waals surface area contributed by atoms with E-state index in [0.717, 1.165) is 22.7 Å². The van der Waals surface area contributed by atoms with Crippen molar-refractivity contribution in [2.24, 2.45) is 0 Å². The molecule has 0 unspecified atom stereocenters. The summed E-state index contributed by atoms with van der Waals surface area (Å²) in [5, 5.41) is 2.78. The van der Waals surface area contributed by atoms with Crippen LogP contribution in [-0.2, 0) is 6.54 Å². The number of benzene rings is 3. The van der Waals surface area contributed by atoms with Crippen molar-refractivity contribution >= 4 is 34.2 Å². The van der Waals surface area contributed by atoms with Gasteiger partial charge in [0.25, 0.3) is 11.5 Å². The Labute approximate surface area is 176 Å². The summed E-state index contributed by atoms with van der Waals surface area (Å²) in [7, 11) is 0. The van der Waals surface area contributed by atoms with Gasteiger partial charge in [0.1, 0.15) is 11.5 Å². The Morgan fingerprint density at radius 2 is 1.83 bits per heavy atom. The molecule has 1 aromatic heterocycles. The first kappa shape index (κ1) is 19.8. The van der Waals surface area contributed by atoms with Crippen molar-refractivity contribution < 1.29 is 9.18 Å². The molecule has 0 saturated heterocycles. The molecule has 0 aliphatic heterocycles. The molecule has 1 heterocycles. The Hall–Kier alpha value is -3.51. The van der Waals surface area contributed by atoms with E-state index >= 15 is 0 Å². The van der Waals surface area contributed by atoms with Gasteiger partial charge in [-0.2, -0.15) is 0 Å². The summed E-state index contributed by atoms with van der Waals surface area (Å²) in [5.41, 5.74) is 3.03. The second-order valence-corrected chi connectivity index (χ2v) is 7.29. The minimum Gasteiger partial charge on any atom is -0.319 e. The Kier molecular flexibility index (Phi) is 5.33. The smallest absolute Gasteiger partial charge is 0.272 e. The average molecular weight is 422 g/mol. The van der Waals surface area contributed by atoms with E-state index in [9.17, 15) is 14.0 Å². The predicted octanol–water partition coefficient (Wildman–Crippen LogP) is 4.80.